The molecule has 8 heteroatoms. The number of nitrogens with zero attached hydrogens (tertiary/aromatic N) is 1. The molecule has 0 saturated carbocycles. The van der Waals surface area contributed by atoms with Crippen LogP contribution in [0.2, 0.25) is 0 Å². The van der Waals surface area contributed by atoms with E-state index in [9.17, 15) is 9.59 Å². The van der Waals surface area contributed by atoms with Gasteiger partial charge in [0.25, 0.3) is 5.91 Å². The third-order valence-electron chi connectivity index (χ3n) is 4.23. The standard InChI is InChI=1S/C22H20N2O6/c1-28-19-11-16-6-4-3-5-15(16)10-17(19)22(27)24-23-12-14-7-8-18(20(9-14)29-2)30-13-21(25)26/h3-12H,13H2,1-2H3,(H,24,27)(H,25,26). The highest BCUT2D eigenvalue weighted by atomic mass is 16.5. The molecule has 8 nitrogen and oxygen atoms in total. The van der Waals surface area contributed by atoms with Gasteiger partial charge in [0.1, 0.15) is 5.75 Å². The highest BCUT2D eigenvalue weighted by Crippen LogP contribution is 2.28. The summed E-state index contributed by atoms with van der Waals surface area (Å²) in [6.45, 7) is -0.479. The van der Waals surface area contributed by atoms with Crippen molar-refractivity contribution in [2.24, 2.45) is 5.10 Å². The van der Waals surface area contributed by atoms with Crippen LogP contribution in [0.5, 0.6) is 17.2 Å². The largest absolute Gasteiger partial charge is 0.496 e. The monoisotopic (exact) mass is 408 g/mol. The molecular formula is C22H20N2O6. The molecule has 0 spiro atoms. The maximum atomic E-state index is 12.6. The third kappa shape index (κ3) is 4.85. The first kappa shape index (κ1) is 20.7. The first-order chi connectivity index (χ1) is 14.5. The van der Waals surface area contributed by atoms with E-state index in [1.165, 1.54) is 20.4 Å². The average Bonchev–Trinajstić information content (AvgIpc) is 2.76. The van der Waals surface area contributed by atoms with Crippen LogP contribution < -0.4 is 19.6 Å². The number of hydrogen-bond donors (Lipinski definition) is 2. The molecule has 3 aromatic rings. The summed E-state index contributed by atoms with van der Waals surface area (Å²) in [5.41, 5.74) is 3.47. The highest BCUT2D eigenvalue weighted by molar-refractivity contribution is 6.02. The lowest BCUT2D eigenvalue weighted by Crippen LogP contribution is -2.18. The fourth-order valence-corrected chi connectivity index (χ4v) is 2.81. The van der Waals surface area contributed by atoms with Crippen molar-refractivity contribution in [2.75, 3.05) is 20.8 Å². The number of carboxylic acid groups (broad SMARTS) is 1. The van der Waals surface area contributed by atoms with Crippen LogP contribution in [0.4, 0.5) is 0 Å². The molecule has 0 aromatic heterocycles. The van der Waals surface area contributed by atoms with Crippen LogP contribution in [0.1, 0.15) is 15.9 Å². The van der Waals surface area contributed by atoms with Gasteiger partial charge in [-0.15, -0.1) is 0 Å². The lowest BCUT2D eigenvalue weighted by Gasteiger charge is -2.10. The summed E-state index contributed by atoms with van der Waals surface area (Å²) < 4.78 is 15.7. The van der Waals surface area contributed by atoms with Crippen molar-refractivity contribution < 1.29 is 28.9 Å². The number of carboxylic acids is 1. The zero-order valence-electron chi connectivity index (χ0n) is 16.4. The van der Waals surface area contributed by atoms with E-state index in [0.29, 0.717) is 28.4 Å². The quantitative estimate of drug-likeness (QED) is 0.438. The van der Waals surface area contributed by atoms with Crippen molar-refractivity contribution in [3.63, 3.8) is 0 Å². The average molecular weight is 408 g/mol. The molecule has 154 valence electrons. The van der Waals surface area contributed by atoms with Crippen molar-refractivity contribution in [1.29, 1.82) is 0 Å². The Hall–Kier alpha value is -4.07. The summed E-state index contributed by atoms with van der Waals surface area (Å²) in [5, 5.41) is 14.6. The molecule has 0 unspecified atom stereocenters. The van der Waals surface area contributed by atoms with Crippen LogP contribution in [-0.2, 0) is 4.79 Å². The Labute approximate surface area is 172 Å². The van der Waals surface area contributed by atoms with Crippen LogP contribution in [0.15, 0.2) is 59.7 Å². The fourth-order valence-electron chi connectivity index (χ4n) is 2.81. The molecule has 2 N–H and O–H groups in total. The lowest BCUT2D eigenvalue weighted by atomic mass is 10.1. The molecule has 3 rings (SSSR count). The molecule has 0 aliphatic carbocycles. The number of hydrogen-bond acceptors (Lipinski definition) is 6. The van der Waals surface area contributed by atoms with E-state index < -0.39 is 18.5 Å². The molecule has 0 radical (unpaired) electrons. The van der Waals surface area contributed by atoms with Gasteiger partial charge in [-0.05, 0) is 46.7 Å². The number of carbonyl (C=O) groups excluding carboxylic acids is 1. The number of amides is 1. The van der Waals surface area contributed by atoms with Crippen LogP contribution in [0, 0.1) is 0 Å². The maximum Gasteiger partial charge on any atom is 0.341 e. The van der Waals surface area contributed by atoms with Crippen molar-refractivity contribution in [3.05, 3.63) is 65.7 Å². The predicted octanol–water partition coefficient (Wildman–Crippen LogP) is 3.08. The van der Waals surface area contributed by atoms with Gasteiger partial charge in [-0.25, -0.2) is 10.2 Å². The molecule has 0 atom stereocenters. The first-order valence-corrected chi connectivity index (χ1v) is 8.94. The summed E-state index contributed by atoms with van der Waals surface area (Å²) in [6.07, 6.45) is 1.44. The first-order valence-electron chi connectivity index (χ1n) is 8.94. The van der Waals surface area contributed by atoms with E-state index in [4.69, 9.17) is 19.3 Å². The van der Waals surface area contributed by atoms with E-state index in [-0.39, 0.29) is 0 Å². The van der Waals surface area contributed by atoms with E-state index in [2.05, 4.69) is 10.5 Å². The Balaban J connectivity index is 1.74. The minimum absolute atomic E-state index is 0.294. The smallest absolute Gasteiger partial charge is 0.341 e. The number of carbonyl (C=O) groups is 2. The SMILES string of the molecule is COc1cc(C=NNC(=O)c2cc3ccccc3cc2OC)ccc1OCC(=O)O. The van der Waals surface area contributed by atoms with Gasteiger partial charge in [-0.1, -0.05) is 24.3 Å². The second kappa shape index (κ2) is 9.42. The van der Waals surface area contributed by atoms with Gasteiger partial charge in [0.15, 0.2) is 18.1 Å². The number of hydrazone groups is 1. The zero-order valence-corrected chi connectivity index (χ0v) is 16.4. The number of rotatable bonds is 8. The zero-order chi connectivity index (χ0) is 21.5. The van der Waals surface area contributed by atoms with Gasteiger partial charge in [0, 0.05) is 0 Å². The minimum Gasteiger partial charge on any atom is -0.496 e. The van der Waals surface area contributed by atoms with Gasteiger partial charge in [0.2, 0.25) is 0 Å². The Kier molecular flexibility index (Phi) is 6.49. The number of benzene rings is 3. The minimum atomic E-state index is -1.09. The molecular weight excluding hydrogens is 388 g/mol. The molecule has 30 heavy (non-hydrogen) atoms. The lowest BCUT2D eigenvalue weighted by molar-refractivity contribution is -0.139. The van der Waals surface area contributed by atoms with Gasteiger partial charge in [-0.2, -0.15) is 5.10 Å². The number of ether oxygens (including phenoxy) is 3. The molecule has 0 aliphatic heterocycles. The van der Waals surface area contributed by atoms with Gasteiger partial charge in [0.05, 0.1) is 26.0 Å². The van der Waals surface area contributed by atoms with E-state index in [1.807, 2.05) is 24.3 Å². The van der Waals surface area contributed by atoms with E-state index in [0.717, 1.165) is 10.8 Å². The van der Waals surface area contributed by atoms with Crippen molar-refractivity contribution >= 4 is 28.9 Å². The van der Waals surface area contributed by atoms with E-state index >= 15 is 0 Å². The summed E-state index contributed by atoms with van der Waals surface area (Å²) in [5.74, 6) is -0.413. The number of aliphatic carboxylic acids is 1. The maximum absolute atomic E-state index is 12.6. The predicted molar refractivity (Wildman–Crippen MR) is 112 cm³/mol. The molecule has 0 aliphatic rings. The number of methoxy groups -OCH3 is 2. The number of fused-ring (bicyclic) bond motifs is 1. The molecule has 1 amide bonds. The molecule has 0 heterocycles. The van der Waals surface area contributed by atoms with Crippen LogP contribution in [0.3, 0.4) is 0 Å². The Bertz CT molecular complexity index is 1110. The van der Waals surface area contributed by atoms with Crippen LogP contribution in [-0.4, -0.2) is 44.0 Å². The Morgan fingerprint density at radius 1 is 0.967 bits per heavy atom. The molecule has 0 fully saturated rings. The Morgan fingerprint density at radius 2 is 1.67 bits per heavy atom. The summed E-state index contributed by atoms with van der Waals surface area (Å²) in [7, 11) is 2.95. The Morgan fingerprint density at radius 3 is 2.33 bits per heavy atom. The van der Waals surface area contributed by atoms with Gasteiger partial charge in [-0.3, -0.25) is 4.79 Å². The van der Waals surface area contributed by atoms with E-state index in [1.54, 1.807) is 30.3 Å². The summed E-state index contributed by atoms with van der Waals surface area (Å²) in [6, 6.07) is 16.0. The highest BCUT2D eigenvalue weighted by Gasteiger charge is 2.13. The van der Waals surface area contributed by atoms with Crippen LogP contribution in [0.25, 0.3) is 10.8 Å². The van der Waals surface area contributed by atoms with Crippen molar-refractivity contribution in [3.8, 4) is 17.2 Å². The van der Waals surface area contributed by atoms with Crippen molar-refractivity contribution in [1.82, 2.24) is 5.43 Å². The molecule has 0 saturated heterocycles. The van der Waals surface area contributed by atoms with Gasteiger partial charge >= 0.3 is 5.97 Å². The molecule has 0 bridgehead atoms. The van der Waals surface area contributed by atoms with Crippen LogP contribution >= 0.6 is 0 Å². The number of nitrogens with one attached hydrogen (secondary N) is 1. The fraction of sp³-hybridized carbons (Fsp3) is 0.136. The second-order valence-corrected chi connectivity index (χ2v) is 6.19. The third-order valence-corrected chi connectivity index (χ3v) is 4.23. The normalized spacial score (nSPS) is 10.7. The van der Waals surface area contributed by atoms with Gasteiger partial charge < -0.3 is 19.3 Å². The molecule has 3 aromatic carbocycles. The summed E-state index contributed by atoms with van der Waals surface area (Å²) >= 11 is 0. The van der Waals surface area contributed by atoms with Crippen molar-refractivity contribution in [2.45, 2.75) is 0 Å². The topological polar surface area (TPSA) is 106 Å². The summed E-state index contributed by atoms with van der Waals surface area (Å²) in [4.78, 5) is 23.2. The second-order valence-electron chi connectivity index (χ2n) is 6.19.